The highest BCUT2D eigenvalue weighted by Gasteiger charge is 2.40. The highest BCUT2D eigenvalue weighted by Crippen LogP contribution is 2.39. The van der Waals surface area contributed by atoms with Crippen LogP contribution in [0.4, 0.5) is 0 Å². The number of ether oxygens (including phenoxy) is 2. The van der Waals surface area contributed by atoms with Crippen molar-refractivity contribution in [1.82, 2.24) is 15.1 Å². The third kappa shape index (κ3) is 6.45. The zero-order valence-electron chi connectivity index (χ0n) is 16.7. The summed E-state index contributed by atoms with van der Waals surface area (Å²) in [6, 6.07) is 0. The molecule has 3 heterocycles. The van der Waals surface area contributed by atoms with Gasteiger partial charge in [0.15, 0.2) is 5.96 Å². The number of rotatable bonds is 4. The summed E-state index contributed by atoms with van der Waals surface area (Å²) in [5, 5.41) is 3.50. The first kappa shape index (κ1) is 22.7. The summed E-state index contributed by atoms with van der Waals surface area (Å²) < 4.78 is 11.4. The Bertz CT molecular complexity index is 503. The minimum Gasteiger partial charge on any atom is -0.381 e. The van der Waals surface area contributed by atoms with Crippen LogP contribution in [-0.4, -0.2) is 87.9 Å². The van der Waals surface area contributed by atoms with E-state index in [0.29, 0.717) is 5.41 Å². The van der Waals surface area contributed by atoms with Crippen LogP contribution in [0.25, 0.3) is 0 Å². The molecule has 3 aliphatic heterocycles. The number of amides is 1. The molecule has 3 rings (SSSR count). The van der Waals surface area contributed by atoms with Crippen LogP contribution in [0, 0.1) is 5.41 Å². The van der Waals surface area contributed by atoms with E-state index in [1.807, 2.05) is 0 Å². The molecule has 1 amide bonds. The Morgan fingerprint density at radius 3 is 2.67 bits per heavy atom. The smallest absolute Gasteiger partial charge is 0.243 e. The normalized spacial score (nSPS) is 25.2. The molecule has 8 heteroatoms. The number of hydrogen-bond donors (Lipinski definition) is 1. The third-order valence-electron chi connectivity index (χ3n) is 5.92. The van der Waals surface area contributed by atoms with Crippen LogP contribution in [0.2, 0.25) is 0 Å². The Morgan fingerprint density at radius 1 is 1.22 bits per heavy atom. The molecule has 3 fully saturated rings. The van der Waals surface area contributed by atoms with E-state index in [4.69, 9.17) is 9.47 Å². The zero-order chi connectivity index (χ0) is 18.4. The van der Waals surface area contributed by atoms with Crippen molar-refractivity contribution in [3.8, 4) is 0 Å². The van der Waals surface area contributed by atoms with Crippen molar-refractivity contribution in [3.63, 3.8) is 0 Å². The summed E-state index contributed by atoms with van der Waals surface area (Å²) in [4.78, 5) is 20.6. The molecular weight excluding hydrogens is 459 g/mol. The second kappa shape index (κ2) is 10.8. The van der Waals surface area contributed by atoms with Gasteiger partial charge in [-0.25, -0.2) is 4.99 Å². The highest BCUT2D eigenvalue weighted by molar-refractivity contribution is 14.0. The van der Waals surface area contributed by atoms with Crippen LogP contribution in [-0.2, 0) is 14.3 Å². The van der Waals surface area contributed by atoms with Crippen LogP contribution in [0.5, 0.6) is 0 Å². The van der Waals surface area contributed by atoms with Gasteiger partial charge in [0.25, 0.3) is 0 Å². The number of hydrogen-bond acceptors (Lipinski definition) is 4. The average molecular weight is 494 g/mol. The van der Waals surface area contributed by atoms with Crippen molar-refractivity contribution in [2.45, 2.75) is 44.6 Å². The number of guanidine groups is 1. The van der Waals surface area contributed by atoms with Gasteiger partial charge in [-0.15, -0.1) is 24.0 Å². The van der Waals surface area contributed by atoms with E-state index >= 15 is 0 Å². The van der Waals surface area contributed by atoms with Gasteiger partial charge in [0.1, 0.15) is 6.54 Å². The minimum absolute atomic E-state index is 0. The molecule has 0 bridgehead atoms. The molecule has 0 aromatic rings. The van der Waals surface area contributed by atoms with E-state index in [1.54, 1.807) is 19.0 Å². The standard InChI is InChI=1S/C19H34N4O3.HI/c1-22(2)17(24)14-21-18(20-13-16-5-3-4-10-26-16)23-9-6-19(15-23)7-11-25-12-8-19;/h16H,3-15H2,1-2H3,(H,20,21);1H. The van der Waals surface area contributed by atoms with Crippen molar-refractivity contribution in [2.24, 2.45) is 10.4 Å². The molecule has 0 radical (unpaired) electrons. The predicted octanol–water partition coefficient (Wildman–Crippen LogP) is 1.71. The molecule has 156 valence electrons. The molecule has 0 aromatic heterocycles. The van der Waals surface area contributed by atoms with Crippen molar-refractivity contribution in [3.05, 3.63) is 0 Å². The lowest BCUT2D eigenvalue weighted by Crippen LogP contribution is -2.46. The highest BCUT2D eigenvalue weighted by atomic mass is 127. The van der Waals surface area contributed by atoms with Crippen molar-refractivity contribution < 1.29 is 14.3 Å². The summed E-state index contributed by atoms with van der Waals surface area (Å²) in [5.41, 5.74) is 0.355. The van der Waals surface area contributed by atoms with E-state index in [2.05, 4.69) is 15.2 Å². The average Bonchev–Trinajstić information content (AvgIpc) is 3.06. The number of nitrogens with zero attached hydrogens (tertiary/aromatic N) is 3. The number of carbonyl (C=O) groups excluding carboxylic acids is 1. The topological polar surface area (TPSA) is 66.4 Å². The van der Waals surface area contributed by atoms with Crippen LogP contribution in [0.1, 0.15) is 38.5 Å². The third-order valence-corrected chi connectivity index (χ3v) is 5.92. The fourth-order valence-corrected chi connectivity index (χ4v) is 4.05. The molecule has 1 unspecified atom stereocenters. The zero-order valence-corrected chi connectivity index (χ0v) is 19.1. The SMILES string of the molecule is CN(C)C(=O)CN=C(NCC1CCCCO1)N1CCC2(CCOCC2)C1.I. The molecule has 1 spiro atoms. The Balaban J connectivity index is 0.00000261. The molecule has 1 atom stereocenters. The summed E-state index contributed by atoms with van der Waals surface area (Å²) in [5.74, 6) is 0.885. The quantitative estimate of drug-likeness (QED) is 0.366. The minimum atomic E-state index is 0. The Kier molecular flexibility index (Phi) is 9.07. The van der Waals surface area contributed by atoms with E-state index in [-0.39, 0.29) is 42.5 Å². The lowest BCUT2D eigenvalue weighted by molar-refractivity contribution is -0.127. The van der Waals surface area contributed by atoms with Gasteiger partial charge in [0, 0.05) is 53.6 Å². The summed E-state index contributed by atoms with van der Waals surface area (Å²) >= 11 is 0. The van der Waals surface area contributed by atoms with Gasteiger partial charge in [0.2, 0.25) is 5.91 Å². The number of likely N-dealkylation sites (N-methyl/N-ethyl adjacent to an activating group) is 1. The molecule has 1 N–H and O–H groups in total. The summed E-state index contributed by atoms with van der Waals surface area (Å²) in [6.07, 6.45) is 7.16. The van der Waals surface area contributed by atoms with Crippen molar-refractivity contribution in [2.75, 3.05) is 60.1 Å². The van der Waals surface area contributed by atoms with Gasteiger partial charge in [-0.2, -0.15) is 0 Å². The van der Waals surface area contributed by atoms with Gasteiger partial charge in [-0.3, -0.25) is 4.79 Å². The van der Waals surface area contributed by atoms with Crippen LogP contribution >= 0.6 is 24.0 Å². The molecule has 0 aliphatic carbocycles. The van der Waals surface area contributed by atoms with Crippen LogP contribution < -0.4 is 5.32 Å². The number of halogens is 1. The number of aliphatic imine (C=N–C) groups is 1. The van der Waals surface area contributed by atoms with Crippen LogP contribution in [0.15, 0.2) is 4.99 Å². The van der Waals surface area contributed by atoms with Gasteiger partial charge in [0.05, 0.1) is 6.10 Å². The maximum Gasteiger partial charge on any atom is 0.243 e. The number of nitrogens with one attached hydrogen (secondary N) is 1. The number of carbonyl (C=O) groups is 1. The van der Waals surface area contributed by atoms with Crippen LogP contribution in [0.3, 0.4) is 0 Å². The van der Waals surface area contributed by atoms with E-state index in [1.165, 1.54) is 12.8 Å². The molecule has 0 saturated carbocycles. The summed E-state index contributed by atoms with van der Waals surface area (Å²) in [7, 11) is 3.54. The van der Waals surface area contributed by atoms with Crippen molar-refractivity contribution >= 4 is 35.8 Å². The molecule has 3 saturated heterocycles. The van der Waals surface area contributed by atoms with E-state index in [0.717, 1.165) is 71.1 Å². The van der Waals surface area contributed by atoms with Gasteiger partial charge in [-0.05, 0) is 43.9 Å². The first-order valence-electron chi connectivity index (χ1n) is 10.0. The Morgan fingerprint density at radius 2 is 2.00 bits per heavy atom. The lowest BCUT2D eigenvalue weighted by atomic mass is 9.80. The van der Waals surface area contributed by atoms with E-state index in [9.17, 15) is 4.79 Å². The lowest BCUT2D eigenvalue weighted by Gasteiger charge is -2.34. The second-order valence-corrected chi connectivity index (χ2v) is 8.08. The summed E-state index contributed by atoms with van der Waals surface area (Å²) in [6.45, 7) is 5.53. The monoisotopic (exact) mass is 494 g/mol. The fourth-order valence-electron chi connectivity index (χ4n) is 4.05. The Labute approximate surface area is 180 Å². The first-order chi connectivity index (χ1) is 12.6. The van der Waals surface area contributed by atoms with Crippen molar-refractivity contribution in [1.29, 1.82) is 0 Å². The van der Waals surface area contributed by atoms with Gasteiger partial charge in [-0.1, -0.05) is 0 Å². The largest absolute Gasteiger partial charge is 0.381 e. The van der Waals surface area contributed by atoms with Gasteiger partial charge >= 0.3 is 0 Å². The second-order valence-electron chi connectivity index (χ2n) is 8.08. The molecule has 7 nitrogen and oxygen atoms in total. The van der Waals surface area contributed by atoms with E-state index < -0.39 is 0 Å². The number of likely N-dealkylation sites (tertiary alicyclic amines) is 1. The maximum atomic E-state index is 12.0. The Hall–Kier alpha value is -0.610. The first-order valence-corrected chi connectivity index (χ1v) is 10.0. The van der Waals surface area contributed by atoms with Gasteiger partial charge < -0.3 is 24.6 Å². The molecular formula is C19H35IN4O3. The predicted molar refractivity (Wildman–Crippen MR) is 117 cm³/mol. The molecule has 3 aliphatic rings. The molecule has 0 aromatic carbocycles. The maximum absolute atomic E-state index is 12.0. The molecule has 27 heavy (non-hydrogen) atoms. The fraction of sp³-hybridized carbons (Fsp3) is 0.895.